The van der Waals surface area contributed by atoms with Crippen LogP contribution < -0.4 is 51.4 Å². The molecule has 0 saturated carbocycles. The maximum absolute atomic E-state index is 13.4. The summed E-state index contributed by atoms with van der Waals surface area (Å²) in [5.74, 6) is -67.1. The average molecular weight is 598 g/mol. The Morgan fingerprint density at radius 2 is 0.706 bits per heavy atom. The summed E-state index contributed by atoms with van der Waals surface area (Å²) in [7, 11) is -8.21. The summed E-state index contributed by atoms with van der Waals surface area (Å²) in [5, 5.41) is -8.01. The normalized spacial score (nSPS) is 16.4. The molecule has 0 unspecified atom stereocenters. The molecule has 0 aromatic heterocycles. The van der Waals surface area contributed by atoms with Crippen LogP contribution in [-0.4, -0.2) is 65.6 Å². The van der Waals surface area contributed by atoms with Crippen molar-refractivity contribution in [2.24, 2.45) is 0 Å². The second-order valence-corrected chi connectivity index (χ2v) is 7.47. The van der Waals surface area contributed by atoms with Gasteiger partial charge in [0.15, 0.2) is 10.1 Å². The summed E-state index contributed by atoms with van der Waals surface area (Å²) in [4.78, 5) is 0. The molecule has 0 aliphatic carbocycles. The minimum atomic E-state index is -9.03. The number of rotatable bonds is 10. The Hall–Kier alpha value is 0.286. The van der Waals surface area contributed by atoms with Gasteiger partial charge in [0.2, 0.25) is 0 Å². The first-order valence-electron chi connectivity index (χ1n) is 7.17. The Morgan fingerprint density at radius 3 is 0.912 bits per heavy atom. The maximum atomic E-state index is 13.4. The van der Waals surface area contributed by atoms with Crippen LogP contribution in [-0.2, 0) is 10.1 Å². The first-order chi connectivity index (χ1) is 13.8. The molecule has 200 valence electrons. The summed E-state index contributed by atoms with van der Waals surface area (Å²) in [5.41, 5.74) is 0. The largest absolute Gasteiger partial charge is 1.00 e. The number of hydrogen-bond donors (Lipinski definition) is 0. The van der Waals surface area contributed by atoms with E-state index in [1.165, 1.54) is 0 Å². The quantitative estimate of drug-likeness (QED) is 0.221. The molecule has 0 spiro atoms. The molecule has 0 amide bonds. The fraction of sp³-hybridized carbons (Fsp3) is 1.00. The molecule has 0 fully saturated rings. The fourth-order valence-corrected chi connectivity index (χ4v) is 2.22. The number of alkyl halides is 18. The van der Waals surface area contributed by atoms with Crippen LogP contribution in [0.15, 0.2) is 0 Å². The van der Waals surface area contributed by atoms with Gasteiger partial charge in [0.05, 0.1) is 0 Å². The van der Waals surface area contributed by atoms with Gasteiger partial charge in [-0.3, -0.25) is 0 Å². The van der Waals surface area contributed by atoms with Gasteiger partial charge in [0.25, 0.3) is 0 Å². The molecule has 0 bridgehead atoms. The fourth-order valence-electron chi connectivity index (χ4n) is 1.78. The van der Waals surface area contributed by atoms with E-state index in [-0.39, 0.29) is 58.3 Å². The van der Waals surface area contributed by atoms with Gasteiger partial charge in [-0.15, -0.1) is 0 Å². The summed E-state index contributed by atoms with van der Waals surface area (Å²) >= 11 is 0. The molecule has 3 nitrogen and oxygen atoms in total. The van der Waals surface area contributed by atoms with Crippen molar-refractivity contribution in [1.29, 1.82) is 0 Å². The molecule has 0 radical (unpaired) electrons. The molecule has 0 saturated heterocycles. The van der Waals surface area contributed by atoms with Gasteiger partial charge in [-0.2, -0.15) is 79.0 Å². The second kappa shape index (κ2) is 9.24. The Labute approximate surface area is 218 Å². The van der Waals surface area contributed by atoms with Gasteiger partial charge >= 0.3 is 104 Å². The molecule has 0 aromatic carbocycles. The average Bonchev–Trinajstić information content (AvgIpc) is 2.59. The Kier molecular flexibility index (Phi) is 9.90. The molecule has 0 atom stereocenters. The third-order valence-corrected chi connectivity index (χ3v) is 4.83. The molecule has 34 heavy (non-hydrogen) atoms. The third-order valence-electron chi connectivity index (χ3n) is 3.95. The van der Waals surface area contributed by atoms with E-state index in [4.69, 9.17) is 0 Å². The van der Waals surface area contributed by atoms with Crippen molar-refractivity contribution in [2.75, 3.05) is 0 Å². The van der Waals surface area contributed by atoms with Gasteiger partial charge in [0.1, 0.15) is 0 Å². The van der Waals surface area contributed by atoms with Crippen molar-refractivity contribution in [1.82, 2.24) is 0 Å². The van der Waals surface area contributed by atoms with E-state index in [9.17, 15) is 92.0 Å². The van der Waals surface area contributed by atoms with Crippen LogP contribution in [0.2, 0.25) is 0 Å². The van der Waals surface area contributed by atoms with Crippen LogP contribution in [0.3, 0.4) is 0 Å². The van der Waals surface area contributed by atoms with E-state index >= 15 is 0 Å². The van der Waals surface area contributed by atoms with Crippen molar-refractivity contribution in [3.05, 3.63) is 0 Å². The van der Waals surface area contributed by atoms with Crippen LogP contribution >= 0.6 is 0 Å². The Balaban J connectivity index is 0. The van der Waals surface area contributed by atoms with E-state index < -0.39 is 69.2 Å². The molecule has 0 N–H and O–H groups in total. The van der Waals surface area contributed by atoms with Gasteiger partial charge in [0, 0.05) is 6.42 Å². The Morgan fingerprint density at radius 1 is 0.500 bits per heavy atom. The topological polar surface area (TPSA) is 57.2 Å². The van der Waals surface area contributed by atoms with E-state index in [1.54, 1.807) is 0 Å². The van der Waals surface area contributed by atoms with E-state index in [0.717, 1.165) is 0 Å². The van der Waals surface area contributed by atoms with Gasteiger partial charge in [-0.1, -0.05) is 6.92 Å². The third kappa shape index (κ3) is 4.45. The predicted octanol–water partition coefficient (Wildman–Crippen LogP) is 2.62. The van der Waals surface area contributed by atoms with Crippen LogP contribution in [0.25, 0.3) is 0 Å². The van der Waals surface area contributed by atoms with Crippen LogP contribution in [0.4, 0.5) is 79.0 Å². The van der Waals surface area contributed by atoms with Crippen molar-refractivity contribution >= 4 is 10.1 Å². The second-order valence-electron chi connectivity index (χ2n) is 6.05. The zero-order valence-electron chi connectivity index (χ0n) is 15.6. The zero-order chi connectivity index (χ0) is 27.7. The van der Waals surface area contributed by atoms with E-state index in [0.29, 0.717) is 0 Å². The van der Waals surface area contributed by atoms with Crippen molar-refractivity contribution in [3.63, 3.8) is 0 Å². The monoisotopic (exact) mass is 598 g/mol. The Bertz CT molecular complexity index is 851. The molecular weight excluding hydrogens is 593 g/mol. The smallest absolute Gasteiger partial charge is 0.743 e. The van der Waals surface area contributed by atoms with Crippen LogP contribution in [0.1, 0.15) is 13.3 Å². The molecule has 0 rings (SSSR count). The first-order valence-corrected chi connectivity index (χ1v) is 8.57. The minimum absolute atomic E-state index is 0. The molecule has 23 heteroatoms. The summed E-state index contributed by atoms with van der Waals surface area (Å²) < 4.78 is 267. The molecule has 0 aromatic rings. The summed E-state index contributed by atoms with van der Waals surface area (Å²) in [6.45, 7) is -0.172. The maximum Gasteiger partial charge on any atom is 1.00 e. The van der Waals surface area contributed by atoms with Gasteiger partial charge in [-0.25, -0.2) is 8.42 Å². The van der Waals surface area contributed by atoms with Crippen molar-refractivity contribution in [2.45, 2.75) is 66.0 Å². The minimum Gasteiger partial charge on any atom is -0.743 e. The van der Waals surface area contributed by atoms with Crippen molar-refractivity contribution < 1.29 is 143 Å². The predicted molar refractivity (Wildman–Crippen MR) is 64.5 cm³/mol. The SMILES string of the molecule is CCC(F)(F)C(F)(F)C(F)(F)C(F)(F)C(F)(F)C(F)(F)C(F)(F)C(F)(F)C(F)(F)S(=O)(=O)[O-].[K+]. The zero-order valence-corrected chi connectivity index (χ0v) is 19.6. The molecular formula is C11H5F18KO3S. The molecule has 0 heterocycles. The summed E-state index contributed by atoms with van der Waals surface area (Å²) in [6.07, 6.45) is -2.60. The van der Waals surface area contributed by atoms with Gasteiger partial charge < -0.3 is 4.55 Å². The van der Waals surface area contributed by atoms with E-state index in [1.807, 2.05) is 0 Å². The number of hydrogen-bond acceptors (Lipinski definition) is 3. The van der Waals surface area contributed by atoms with Crippen LogP contribution in [0.5, 0.6) is 0 Å². The number of halogens is 18. The summed E-state index contributed by atoms with van der Waals surface area (Å²) in [6, 6.07) is 0. The van der Waals surface area contributed by atoms with Crippen LogP contribution in [0, 0.1) is 0 Å². The van der Waals surface area contributed by atoms with Gasteiger partial charge in [-0.05, 0) is 0 Å². The standard InChI is InChI=1S/C11H6F18O3S.K/c1-2-3(12,13)4(14,15)5(16,17)6(18,19)7(20,21)8(22,23)9(24,25)10(26,27)11(28,29)33(30,31)32;/h2H2,1H3,(H,30,31,32);/q;+1/p-1. The van der Waals surface area contributed by atoms with E-state index in [2.05, 4.69) is 0 Å². The van der Waals surface area contributed by atoms with Crippen molar-refractivity contribution in [3.8, 4) is 0 Å². The molecule has 0 aliphatic heterocycles. The first kappa shape index (κ1) is 36.4. The molecule has 0 aliphatic rings.